The van der Waals surface area contributed by atoms with E-state index in [1.807, 2.05) is 0 Å². The molecule has 0 unspecified atom stereocenters. The van der Waals surface area contributed by atoms with Crippen molar-refractivity contribution in [3.8, 4) is 0 Å². The summed E-state index contributed by atoms with van der Waals surface area (Å²) in [4.78, 5) is 24.9. The van der Waals surface area contributed by atoms with Crippen LogP contribution < -0.4 is 10.5 Å². The SMILES string of the molecule is CSNc1cc(S(=O)(=O)O)c(N)c2c1C(=O)c1ccccc1C2=O. The molecule has 9 heteroatoms. The Kier molecular flexibility index (Phi) is 3.86. The minimum absolute atomic E-state index is 0.00190. The summed E-state index contributed by atoms with van der Waals surface area (Å²) in [7, 11) is -4.66. The van der Waals surface area contributed by atoms with E-state index >= 15 is 0 Å². The van der Waals surface area contributed by atoms with Crippen LogP contribution in [0.3, 0.4) is 0 Å². The van der Waals surface area contributed by atoms with E-state index < -0.39 is 32.3 Å². The quantitative estimate of drug-likeness (QED) is 0.366. The Bertz CT molecular complexity index is 999. The number of hydrogen-bond donors (Lipinski definition) is 3. The summed E-state index contributed by atoms with van der Waals surface area (Å²) in [6.45, 7) is 0. The van der Waals surface area contributed by atoms with E-state index in [-0.39, 0.29) is 27.9 Å². The van der Waals surface area contributed by atoms with Gasteiger partial charge in [-0.1, -0.05) is 36.2 Å². The van der Waals surface area contributed by atoms with Crippen LogP contribution >= 0.6 is 11.9 Å². The molecular formula is C15H12N2O5S2. The van der Waals surface area contributed by atoms with E-state index in [2.05, 4.69) is 4.72 Å². The van der Waals surface area contributed by atoms with Gasteiger partial charge in [0.15, 0.2) is 11.6 Å². The first-order chi connectivity index (χ1) is 11.3. The molecule has 0 spiro atoms. The van der Waals surface area contributed by atoms with Crippen molar-refractivity contribution in [1.82, 2.24) is 0 Å². The number of hydrogen-bond acceptors (Lipinski definition) is 7. The van der Waals surface area contributed by atoms with Crippen molar-refractivity contribution in [3.63, 3.8) is 0 Å². The van der Waals surface area contributed by atoms with Crippen LogP contribution in [0.1, 0.15) is 31.8 Å². The van der Waals surface area contributed by atoms with Crippen molar-refractivity contribution in [2.75, 3.05) is 16.7 Å². The van der Waals surface area contributed by atoms with E-state index in [1.165, 1.54) is 12.1 Å². The first-order valence-corrected chi connectivity index (χ1v) is 9.35. The second-order valence-electron chi connectivity index (χ2n) is 5.07. The predicted molar refractivity (Wildman–Crippen MR) is 91.1 cm³/mol. The Labute approximate surface area is 142 Å². The number of ketones is 2. The molecule has 0 amide bonds. The summed E-state index contributed by atoms with van der Waals surface area (Å²) in [6.07, 6.45) is 1.67. The third-order valence-electron chi connectivity index (χ3n) is 3.69. The van der Waals surface area contributed by atoms with Gasteiger partial charge in [0.2, 0.25) is 0 Å². The highest BCUT2D eigenvalue weighted by Crippen LogP contribution is 2.39. The lowest BCUT2D eigenvalue weighted by Gasteiger charge is -2.23. The van der Waals surface area contributed by atoms with E-state index in [0.717, 1.165) is 18.0 Å². The number of fused-ring (bicyclic) bond motifs is 2. The van der Waals surface area contributed by atoms with Gasteiger partial charge in [-0.25, -0.2) is 0 Å². The van der Waals surface area contributed by atoms with Gasteiger partial charge in [0.25, 0.3) is 10.1 Å². The Hall–Kier alpha value is -2.36. The molecule has 1 aliphatic rings. The number of nitrogens with two attached hydrogens (primary N) is 1. The van der Waals surface area contributed by atoms with Crippen molar-refractivity contribution in [3.05, 3.63) is 52.6 Å². The number of nitrogen functional groups attached to an aromatic ring is 1. The van der Waals surface area contributed by atoms with Gasteiger partial charge in [-0.15, -0.1) is 0 Å². The van der Waals surface area contributed by atoms with E-state index in [9.17, 15) is 22.6 Å². The average molecular weight is 364 g/mol. The van der Waals surface area contributed by atoms with Crippen LogP contribution in [0.2, 0.25) is 0 Å². The molecule has 0 fully saturated rings. The standard InChI is InChI=1S/C15H12N2O5S2/c1-23-17-9-6-10(24(20,21)22)13(16)12-11(9)14(18)7-4-2-3-5-8(7)15(12)19/h2-6,17H,16H2,1H3,(H,20,21,22). The zero-order valence-corrected chi connectivity index (χ0v) is 14.0. The summed E-state index contributed by atoms with van der Waals surface area (Å²) in [5, 5.41) is 0. The van der Waals surface area contributed by atoms with Gasteiger partial charge in [-0.2, -0.15) is 8.42 Å². The van der Waals surface area contributed by atoms with Crippen molar-refractivity contribution in [1.29, 1.82) is 0 Å². The molecule has 0 bridgehead atoms. The Morgan fingerprint density at radius 1 is 1.08 bits per heavy atom. The molecule has 2 aromatic carbocycles. The normalized spacial score (nSPS) is 13.4. The molecule has 0 saturated heterocycles. The largest absolute Gasteiger partial charge is 0.397 e. The zero-order valence-electron chi connectivity index (χ0n) is 12.4. The highest BCUT2D eigenvalue weighted by Gasteiger charge is 2.36. The maximum atomic E-state index is 12.8. The van der Waals surface area contributed by atoms with Gasteiger partial charge in [-0.3, -0.25) is 14.1 Å². The van der Waals surface area contributed by atoms with Gasteiger partial charge in [0.05, 0.1) is 22.5 Å². The minimum Gasteiger partial charge on any atom is -0.397 e. The maximum absolute atomic E-state index is 12.8. The van der Waals surface area contributed by atoms with Gasteiger partial charge in [0.1, 0.15) is 4.90 Å². The van der Waals surface area contributed by atoms with E-state index in [0.29, 0.717) is 0 Å². The van der Waals surface area contributed by atoms with Crippen molar-refractivity contribution in [2.24, 2.45) is 0 Å². The molecule has 0 saturated carbocycles. The highest BCUT2D eigenvalue weighted by molar-refractivity contribution is 7.99. The molecule has 4 N–H and O–H groups in total. The van der Waals surface area contributed by atoms with Crippen molar-refractivity contribution >= 4 is 45.0 Å². The molecular weight excluding hydrogens is 352 g/mol. The molecule has 0 aromatic heterocycles. The second-order valence-corrected chi connectivity index (χ2v) is 7.07. The summed E-state index contributed by atoms with van der Waals surface area (Å²) >= 11 is 1.11. The topological polar surface area (TPSA) is 127 Å². The molecule has 3 rings (SSSR count). The molecule has 0 heterocycles. The minimum atomic E-state index is -4.66. The van der Waals surface area contributed by atoms with Crippen LogP contribution in [-0.2, 0) is 10.1 Å². The Balaban J connectivity index is 2.43. The molecule has 124 valence electrons. The zero-order chi connectivity index (χ0) is 17.6. The molecule has 0 aliphatic heterocycles. The van der Waals surface area contributed by atoms with E-state index in [4.69, 9.17) is 5.73 Å². The van der Waals surface area contributed by atoms with Gasteiger partial charge in [0, 0.05) is 17.4 Å². The molecule has 7 nitrogen and oxygen atoms in total. The summed E-state index contributed by atoms with van der Waals surface area (Å²) in [5.74, 6) is -1.00. The highest BCUT2D eigenvalue weighted by atomic mass is 32.2. The number of carbonyl (C=O) groups is 2. The molecule has 2 aromatic rings. The van der Waals surface area contributed by atoms with Gasteiger partial charge < -0.3 is 10.5 Å². The summed E-state index contributed by atoms with van der Waals surface area (Å²) < 4.78 is 35.3. The maximum Gasteiger partial charge on any atom is 0.296 e. The number of nitrogens with one attached hydrogen (secondary N) is 1. The van der Waals surface area contributed by atoms with Crippen LogP contribution in [0.25, 0.3) is 0 Å². The number of benzene rings is 2. The van der Waals surface area contributed by atoms with Crippen LogP contribution in [0, 0.1) is 0 Å². The lowest BCUT2D eigenvalue weighted by Crippen LogP contribution is -2.24. The third kappa shape index (κ3) is 2.37. The fourth-order valence-electron chi connectivity index (χ4n) is 2.70. The fourth-order valence-corrected chi connectivity index (χ4v) is 3.73. The third-order valence-corrected chi connectivity index (χ3v) is 5.01. The van der Waals surface area contributed by atoms with Crippen LogP contribution in [0.5, 0.6) is 0 Å². The van der Waals surface area contributed by atoms with Crippen LogP contribution in [0.15, 0.2) is 35.2 Å². The molecule has 1 aliphatic carbocycles. The molecule has 0 radical (unpaired) electrons. The Morgan fingerprint density at radius 2 is 1.62 bits per heavy atom. The van der Waals surface area contributed by atoms with Crippen LogP contribution in [-0.4, -0.2) is 30.8 Å². The smallest absolute Gasteiger partial charge is 0.296 e. The van der Waals surface area contributed by atoms with Crippen molar-refractivity contribution in [2.45, 2.75) is 4.90 Å². The number of anilines is 2. The lowest BCUT2D eigenvalue weighted by molar-refractivity contribution is 0.0980. The monoisotopic (exact) mass is 364 g/mol. The first-order valence-electron chi connectivity index (χ1n) is 6.68. The second kappa shape index (κ2) is 5.62. The predicted octanol–water partition coefficient (Wildman–Crippen LogP) is 1.98. The molecule has 0 atom stereocenters. The Morgan fingerprint density at radius 3 is 2.12 bits per heavy atom. The summed E-state index contributed by atoms with van der Waals surface area (Å²) in [6, 6.07) is 7.28. The fraction of sp³-hybridized carbons (Fsp3) is 0.0667. The van der Waals surface area contributed by atoms with Crippen LogP contribution in [0.4, 0.5) is 11.4 Å². The lowest BCUT2D eigenvalue weighted by atomic mass is 9.82. The van der Waals surface area contributed by atoms with Gasteiger partial charge >= 0.3 is 0 Å². The number of rotatable bonds is 3. The average Bonchev–Trinajstić information content (AvgIpc) is 2.53. The van der Waals surface area contributed by atoms with Gasteiger partial charge in [-0.05, 0) is 6.07 Å². The van der Waals surface area contributed by atoms with Crippen molar-refractivity contribution < 1.29 is 22.6 Å². The summed E-state index contributed by atoms with van der Waals surface area (Å²) in [5.41, 5.74) is 5.63. The molecule has 24 heavy (non-hydrogen) atoms. The first kappa shape index (κ1) is 16.5. The number of carbonyl (C=O) groups excluding carboxylic acids is 2. The van der Waals surface area contributed by atoms with E-state index in [1.54, 1.807) is 18.4 Å².